The van der Waals surface area contributed by atoms with E-state index in [0.717, 1.165) is 4.47 Å². The number of hydrogen-bond acceptors (Lipinski definition) is 3. The smallest absolute Gasteiger partial charge is 0.251 e. The molecule has 0 unspecified atom stereocenters. The molecule has 2 rings (SSSR count). The highest BCUT2D eigenvalue weighted by molar-refractivity contribution is 9.10. The Bertz CT molecular complexity index is 734. The number of amides is 2. The van der Waals surface area contributed by atoms with Crippen molar-refractivity contribution >= 4 is 33.4 Å². The summed E-state index contributed by atoms with van der Waals surface area (Å²) in [6, 6.07) is 14.4. The van der Waals surface area contributed by atoms with Gasteiger partial charge in [0.2, 0.25) is 5.91 Å². The SMILES string of the molecule is COc1ccccc1N(CCNC(=O)c1cccc(Br)c1)C(C)=O. The van der Waals surface area contributed by atoms with Crippen LogP contribution >= 0.6 is 15.9 Å². The fraction of sp³-hybridized carbons (Fsp3) is 0.222. The maximum atomic E-state index is 12.1. The second-order valence-electron chi connectivity index (χ2n) is 5.11. The van der Waals surface area contributed by atoms with Crippen LogP contribution < -0.4 is 15.0 Å². The number of carbonyl (C=O) groups is 2. The Morgan fingerprint density at radius 1 is 1.17 bits per heavy atom. The van der Waals surface area contributed by atoms with Crippen molar-refractivity contribution in [2.45, 2.75) is 6.92 Å². The first-order valence-corrected chi connectivity index (χ1v) is 8.27. The summed E-state index contributed by atoms with van der Waals surface area (Å²) in [5, 5.41) is 2.82. The average molecular weight is 391 g/mol. The van der Waals surface area contributed by atoms with E-state index in [1.165, 1.54) is 6.92 Å². The Labute approximate surface area is 149 Å². The lowest BCUT2D eigenvalue weighted by molar-refractivity contribution is -0.116. The minimum Gasteiger partial charge on any atom is -0.495 e. The van der Waals surface area contributed by atoms with E-state index < -0.39 is 0 Å². The average Bonchev–Trinajstić information content (AvgIpc) is 2.58. The molecule has 0 aliphatic carbocycles. The molecule has 0 aliphatic rings. The second kappa shape index (κ2) is 8.49. The maximum Gasteiger partial charge on any atom is 0.251 e. The molecule has 2 aromatic rings. The van der Waals surface area contributed by atoms with Crippen LogP contribution in [0.5, 0.6) is 5.75 Å². The summed E-state index contributed by atoms with van der Waals surface area (Å²) in [6.45, 7) is 2.18. The molecule has 0 spiro atoms. The van der Waals surface area contributed by atoms with Gasteiger partial charge in [-0.15, -0.1) is 0 Å². The molecule has 0 fully saturated rings. The van der Waals surface area contributed by atoms with Gasteiger partial charge in [-0.05, 0) is 30.3 Å². The number of halogens is 1. The summed E-state index contributed by atoms with van der Waals surface area (Å²) in [5.41, 5.74) is 1.25. The molecule has 126 valence electrons. The number of nitrogens with one attached hydrogen (secondary N) is 1. The minimum atomic E-state index is -0.181. The molecule has 0 aliphatic heterocycles. The third-order valence-electron chi connectivity index (χ3n) is 3.46. The molecule has 24 heavy (non-hydrogen) atoms. The van der Waals surface area contributed by atoms with Gasteiger partial charge in [-0.3, -0.25) is 9.59 Å². The monoisotopic (exact) mass is 390 g/mol. The lowest BCUT2D eigenvalue weighted by Crippen LogP contribution is -2.37. The second-order valence-corrected chi connectivity index (χ2v) is 6.02. The van der Waals surface area contributed by atoms with E-state index in [0.29, 0.717) is 30.1 Å². The Balaban J connectivity index is 2.02. The van der Waals surface area contributed by atoms with Gasteiger partial charge in [-0.1, -0.05) is 34.1 Å². The Kier molecular flexibility index (Phi) is 6.37. The molecule has 5 nitrogen and oxygen atoms in total. The predicted molar refractivity (Wildman–Crippen MR) is 97.5 cm³/mol. The van der Waals surface area contributed by atoms with Crippen LogP contribution in [0.25, 0.3) is 0 Å². The zero-order chi connectivity index (χ0) is 17.5. The van der Waals surface area contributed by atoms with Gasteiger partial charge in [0.25, 0.3) is 5.91 Å². The fourth-order valence-electron chi connectivity index (χ4n) is 2.31. The van der Waals surface area contributed by atoms with Gasteiger partial charge in [0.05, 0.1) is 12.8 Å². The van der Waals surface area contributed by atoms with E-state index in [-0.39, 0.29) is 11.8 Å². The third-order valence-corrected chi connectivity index (χ3v) is 3.96. The molecule has 0 bridgehead atoms. The predicted octanol–water partition coefficient (Wildman–Crippen LogP) is 3.24. The first kappa shape index (κ1) is 18.0. The third kappa shape index (κ3) is 4.58. The zero-order valence-electron chi connectivity index (χ0n) is 13.6. The zero-order valence-corrected chi connectivity index (χ0v) is 15.2. The van der Waals surface area contributed by atoms with Crippen molar-refractivity contribution in [1.82, 2.24) is 5.32 Å². The van der Waals surface area contributed by atoms with E-state index in [1.54, 1.807) is 36.3 Å². The van der Waals surface area contributed by atoms with Gasteiger partial charge in [0, 0.05) is 30.0 Å². The maximum absolute atomic E-state index is 12.1. The highest BCUT2D eigenvalue weighted by atomic mass is 79.9. The molecule has 2 amide bonds. The van der Waals surface area contributed by atoms with Crippen molar-refractivity contribution < 1.29 is 14.3 Å². The number of anilines is 1. The van der Waals surface area contributed by atoms with Crippen LogP contribution in [0, 0.1) is 0 Å². The molecular weight excluding hydrogens is 372 g/mol. The normalized spacial score (nSPS) is 10.1. The van der Waals surface area contributed by atoms with E-state index in [1.807, 2.05) is 24.3 Å². The number of carbonyl (C=O) groups excluding carboxylic acids is 2. The Morgan fingerprint density at radius 3 is 2.58 bits per heavy atom. The number of rotatable bonds is 6. The number of nitrogens with zero attached hydrogens (tertiary/aromatic N) is 1. The summed E-state index contributed by atoms with van der Waals surface area (Å²) in [7, 11) is 1.56. The van der Waals surface area contributed by atoms with Crippen LogP contribution in [-0.2, 0) is 4.79 Å². The molecule has 0 saturated carbocycles. The van der Waals surface area contributed by atoms with Crippen molar-refractivity contribution in [3.63, 3.8) is 0 Å². The van der Waals surface area contributed by atoms with Gasteiger partial charge in [-0.25, -0.2) is 0 Å². The van der Waals surface area contributed by atoms with Gasteiger partial charge < -0.3 is 15.0 Å². The summed E-state index contributed by atoms with van der Waals surface area (Å²) in [4.78, 5) is 25.7. The number of benzene rings is 2. The van der Waals surface area contributed by atoms with Crippen LogP contribution in [0.2, 0.25) is 0 Å². The van der Waals surface area contributed by atoms with Crippen molar-refractivity contribution in [1.29, 1.82) is 0 Å². The van der Waals surface area contributed by atoms with E-state index in [4.69, 9.17) is 4.74 Å². The van der Waals surface area contributed by atoms with Crippen LogP contribution in [0.1, 0.15) is 17.3 Å². The minimum absolute atomic E-state index is 0.115. The van der Waals surface area contributed by atoms with E-state index >= 15 is 0 Å². The molecule has 1 N–H and O–H groups in total. The first-order chi connectivity index (χ1) is 11.5. The van der Waals surface area contributed by atoms with Crippen molar-refractivity contribution in [2.24, 2.45) is 0 Å². The summed E-state index contributed by atoms with van der Waals surface area (Å²) in [6.07, 6.45) is 0. The quantitative estimate of drug-likeness (QED) is 0.823. The van der Waals surface area contributed by atoms with Crippen molar-refractivity contribution in [2.75, 3.05) is 25.1 Å². The van der Waals surface area contributed by atoms with E-state index in [2.05, 4.69) is 21.2 Å². The number of hydrogen-bond donors (Lipinski definition) is 1. The van der Waals surface area contributed by atoms with Crippen LogP contribution in [0.3, 0.4) is 0 Å². The Morgan fingerprint density at radius 2 is 1.92 bits per heavy atom. The molecule has 0 atom stereocenters. The van der Waals surface area contributed by atoms with Crippen LogP contribution in [0.15, 0.2) is 53.0 Å². The largest absolute Gasteiger partial charge is 0.495 e. The fourth-order valence-corrected chi connectivity index (χ4v) is 2.71. The molecule has 0 saturated heterocycles. The van der Waals surface area contributed by atoms with Gasteiger partial charge in [-0.2, -0.15) is 0 Å². The number of para-hydroxylation sites is 2. The first-order valence-electron chi connectivity index (χ1n) is 7.48. The lowest BCUT2D eigenvalue weighted by Gasteiger charge is -2.23. The standard InChI is InChI=1S/C18H19BrN2O3/c1-13(22)21(16-8-3-4-9-17(16)24-2)11-10-20-18(23)14-6-5-7-15(19)12-14/h3-9,12H,10-11H2,1-2H3,(H,20,23). The molecule has 0 aromatic heterocycles. The summed E-state index contributed by atoms with van der Waals surface area (Å²) < 4.78 is 6.14. The number of ether oxygens (including phenoxy) is 1. The highest BCUT2D eigenvalue weighted by Crippen LogP contribution is 2.27. The molecule has 6 heteroatoms. The highest BCUT2D eigenvalue weighted by Gasteiger charge is 2.16. The van der Waals surface area contributed by atoms with Crippen molar-refractivity contribution in [3.05, 3.63) is 58.6 Å². The van der Waals surface area contributed by atoms with Crippen LogP contribution in [0.4, 0.5) is 5.69 Å². The summed E-state index contributed by atoms with van der Waals surface area (Å²) in [5.74, 6) is 0.321. The van der Waals surface area contributed by atoms with Crippen molar-refractivity contribution in [3.8, 4) is 5.75 Å². The molecular formula is C18H19BrN2O3. The molecule has 2 aromatic carbocycles. The van der Waals surface area contributed by atoms with Gasteiger partial charge >= 0.3 is 0 Å². The summed E-state index contributed by atoms with van der Waals surface area (Å²) >= 11 is 3.34. The van der Waals surface area contributed by atoms with Gasteiger partial charge in [0.1, 0.15) is 5.75 Å². The lowest BCUT2D eigenvalue weighted by atomic mass is 10.2. The van der Waals surface area contributed by atoms with Crippen LogP contribution in [-0.4, -0.2) is 32.0 Å². The van der Waals surface area contributed by atoms with E-state index in [9.17, 15) is 9.59 Å². The Hall–Kier alpha value is -2.34. The topological polar surface area (TPSA) is 58.6 Å². The molecule has 0 radical (unpaired) electrons. The van der Waals surface area contributed by atoms with Gasteiger partial charge in [0.15, 0.2) is 0 Å². The molecule has 0 heterocycles. The number of methoxy groups -OCH3 is 1.